The van der Waals surface area contributed by atoms with Gasteiger partial charge in [-0.25, -0.2) is 0 Å². The number of thiophene rings is 1. The summed E-state index contributed by atoms with van der Waals surface area (Å²) in [5.41, 5.74) is 0.822. The Kier molecular flexibility index (Phi) is 8.46. The van der Waals surface area contributed by atoms with Gasteiger partial charge in [-0.2, -0.15) is 0 Å². The average molecular weight is 416 g/mol. The van der Waals surface area contributed by atoms with Gasteiger partial charge in [0.2, 0.25) is 0 Å². The summed E-state index contributed by atoms with van der Waals surface area (Å²) in [6.45, 7) is 10.3. The van der Waals surface area contributed by atoms with Crippen molar-refractivity contribution < 1.29 is 19.1 Å². The molecule has 0 aliphatic rings. The van der Waals surface area contributed by atoms with Crippen LogP contribution in [0, 0.1) is 0 Å². The Morgan fingerprint density at radius 2 is 1.79 bits per heavy atom. The highest BCUT2D eigenvalue weighted by atomic mass is 32.1. The number of allylic oxidation sites excluding steroid dienone is 1. The van der Waals surface area contributed by atoms with Crippen molar-refractivity contribution in [2.24, 2.45) is 0 Å². The van der Waals surface area contributed by atoms with Crippen LogP contribution in [0.4, 0.5) is 0 Å². The van der Waals surface area contributed by atoms with Crippen molar-refractivity contribution >= 4 is 29.1 Å². The smallest absolute Gasteiger partial charge is 0.260 e. The molecule has 6 heteroatoms. The van der Waals surface area contributed by atoms with E-state index in [4.69, 9.17) is 9.47 Å². The van der Waals surface area contributed by atoms with Crippen molar-refractivity contribution in [2.75, 3.05) is 13.2 Å². The molecule has 0 saturated heterocycles. The number of rotatable bonds is 10. The lowest BCUT2D eigenvalue weighted by Gasteiger charge is -2.30. The highest BCUT2D eigenvalue weighted by Gasteiger charge is 2.21. The number of ether oxygens (including phenoxy) is 2. The number of benzene rings is 1. The van der Waals surface area contributed by atoms with Crippen LogP contribution in [0.25, 0.3) is 6.08 Å². The van der Waals surface area contributed by atoms with Gasteiger partial charge in [0, 0.05) is 12.1 Å². The number of ketones is 1. The Morgan fingerprint density at radius 1 is 1.07 bits per heavy atom. The molecule has 0 bridgehead atoms. The van der Waals surface area contributed by atoms with E-state index in [9.17, 15) is 9.59 Å². The van der Waals surface area contributed by atoms with Gasteiger partial charge in [0.05, 0.1) is 11.5 Å². The van der Waals surface area contributed by atoms with Crippen molar-refractivity contribution in [3.63, 3.8) is 0 Å². The molecular formula is C23H29NO4S. The molecule has 2 rings (SSSR count). The molecule has 0 spiro atoms. The van der Waals surface area contributed by atoms with Crippen molar-refractivity contribution in [3.8, 4) is 11.5 Å². The van der Waals surface area contributed by atoms with Gasteiger partial charge in [0.1, 0.15) is 0 Å². The van der Waals surface area contributed by atoms with Crippen LogP contribution in [0.2, 0.25) is 0 Å². The molecular weight excluding hydrogens is 386 g/mol. The summed E-state index contributed by atoms with van der Waals surface area (Å²) in [7, 11) is 0. The van der Waals surface area contributed by atoms with Crippen LogP contribution in [0.15, 0.2) is 41.8 Å². The lowest BCUT2D eigenvalue weighted by atomic mass is 10.1. The second-order valence-electron chi connectivity index (χ2n) is 7.09. The third-order valence-electron chi connectivity index (χ3n) is 4.21. The third kappa shape index (κ3) is 6.46. The van der Waals surface area contributed by atoms with Gasteiger partial charge in [-0.05, 0) is 69.8 Å². The number of nitrogens with zero attached hydrogens (tertiary/aromatic N) is 1. The predicted octanol–water partition coefficient (Wildman–Crippen LogP) is 5.07. The zero-order valence-electron chi connectivity index (χ0n) is 17.7. The minimum absolute atomic E-state index is 0.0358. The fraction of sp³-hybridized carbons (Fsp3) is 0.391. The summed E-state index contributed by atoms with van der Waals surface area (Å²) in [6, 6.07) is 9.27. The summed E-state index contributed by atoms with van der Waals surface area (Å²) in [5.74, 6) is 0.954. The third-order valence-corrected chi connectivity index (χ3v) is 5.10. The Labute approximate surface area is 176 Å². The minimum Gasteiger partial charge on any atom is -0.490 e. The van der Waals surface area contributed by atoms with E-state index in [-0.39, 0.29) is 30.4 Å². The molecule has 2 aromatic rings. The predicted molar refractivity (Wildman–Crippen MR) is 118 cm³/mol. The summed E-state index contributed by atoms with van der Waals surface area (Å²) in [5, 5.41) is 1.88. The molecule has 5 nitrogen and oxygen atoms in total. The molecule has 1 amide bonds. The topological polar surface area (TPSA) is 55.8 Å². The molecule has 0 aliphatic heterocycles. The largest absolute Gasteiger partial charge is 0.490 e. The summed E-state index contributed by atoms with van der Waals surface area (Å²) in [6.07, 6.45) is 3.29. The summed E-state index contributed by atoms with van der Waals surface area (Å²) >= 11 is 1.41. The molecule has 1 heterocycles. The van der Waals surface area contributed by atoms with E-state index < -0.39 is 0 Å². The Morgan fingerprint density at radius 3 is 2.38 bits per heavy atom. The molecule has 1 aromatic carbocycles. The second kappa shape index (κ2) is 10.8. The monoisotopic (exact) mass is 415 g/mol. The van der Waals surface area contributed by atoms with Crippen molar-refractivity contribution in [3.05, 3.63) is 52.2 Å². The molecule has 1 aromatic heterocycles. The zero-order valence-corrected chi connectivity index (χ0v) is 18.5. The van der Waals surface area contributed by atoms with Crippen LogP contribution in [0.1, 0.15) is 49.9 Å². The second-order valence-corrected chi connectivity index (χ2v) is 8.04. The molecule has 0 saturated carbocycles. The van der Waals surface area contributed by atoms with Crippen molar-refractivity contribution in [1.82, 2.24) is 4.90 Å². The van der Waals surface area contributed by atoms with Crippen LogP contribution in [-0.2, 0) is 4.79 Å². The van der Waals surface area contributed by atoms with Crippen LogP contribution in [0.3, 0.4) is 0 Å². The summed E-state index contributed by atoms with van der Waals surface area (Å²) < 4.78 is 11.4. The Bertz CT molecular complexity index is 833. The average Bonchev–Trinajstić information content (AvgIpc) is 3.20. The zero-order chi connectivity index (χ0) is 21.4. The van der Waals surface area contributed by atoms with Crippen molar-refractivity contribution in [1.29, 1.82) is 0 Å². The molecule has 0 unspecified atom stereocenters. The highest BCUT2D eigenvalue weighted by Crippen LogP contribution is 2.29. The number of carbonyl (C=O) groups excluding carboxylic acids is 2. The number of hydrogen-bond donors (Lipinski definition) is 0. The van der Waals surface area contributed by atoms with Crippen LogP contribution in [0.5, 0.6) is 11.5 Å². The van der Waals surface area contributed by atoms with E-state index in [1.807, 2.05) is 58.2 Å². The van der Waals surface area contributed by atoms with E-state index in [0.717, 1.165) is 5.56 Å². The normalized spacial score (nSPS) is 11.3. The summed E-state index contributed by atoms with van der Waals surface area (Å²) in [4.78, 5) is 27.2. The Balaban J connectivity index is 2.11. The number of hydrogen-bond acceptors (Lipinski definition) is 5. The molecule has 0 radical (unpaired) electrons. The van der Waals surface area contributed by atoms with E-state index >= 15 is 0 Å². The Hall–Kier alpha value is -2.60. The maximum absolute atomic E-state index is 12.5. The lowest BCUT2D eigenvalue weighted by Crippen LogP contribution is -2.44. The van der Waals surface area contributed by atoms with E-state index in [2.05, 4.69) is 0 Å². The number of carbonyl (C=O) groups is 2. The van der Waals surface area contributed by atoms with E-state index in [0.29, 0.717) is 23.0 Å². The molecule has 0 atom stereocenters. The van der Waals surface area contributed by atoms with Crippen LogP contribution in [-0.4, -0.2) is 41.9 Å². The first-order chi connectivity index (χ1) is 13.8. The van der Waals surface area contributed by atoms with Crippen LogP contribution >= 0.6 is 11.3 Å². The molecule has 156 valence electrons. The fourth-order valence-corrected chi connectivity index (χ4v) is 3.72. The van der Waals surface area contributed by atoms with Crippen molar-refractivity contribution in [2.45, 2.75) is 46.7 Å². The quantitative estimate of drug-likeness (QED) is 0.402. The highest BCUT2D eigenvalue weighted by molar-refractivity contribution is 7.12. The first kappa shape index (κ1) is 22.7. The van der Waals surface area contributed by atoms with Crippen LogP contribution < -0.4 is 9.47 Å². The van der Waals surface area contributed by atoms with E-state index in [1.54, 1.807) is 29.2 Å². The maximum Gasteiger partial charge on any atom is 0.260 e. The molecule has 29 heavy (non-hydrogen) atoms. The van der Waals surface area contributed by atoms with Gasteiger partial charge in [0.25, 0.3) is 5.91 Å². The SMILES string of the molecule is CCOc1cc(/C=C/C(=O)c2cccs2)ccc1OCC(=O)N(C(C)C)C(C)C. The first-order valence-electron chi connectivity index (χ1n) is 9.80. The maximum atomic E-state index is 12.5. The minimum atomic E-state index is -0.0667. The van der Waals surface area contributed by atoms with Gasteiger partial charge in [-0.15, -0.1) is 11.3 Å². The molecule has 0 N–H and O–H groups in total. The fourth-order valence-electron chi connectivity index (χ4n) is 3.07. The first-order valence-corrected chi connectivity index (χ1v) is 10.7. The van der Waals surface area contributed by atoms with Gasteiger partial charge in [-0.3, -0.25) is 9.59 Å². The lowest BCUT2D eigenvalue weighted by molar-refractivity contribution is -0.137. The van der Waals surface area contributed by atoms with E-state index in [1.165, 1.54) is 11.3 Å². The molecule has 0 aliphatic carbocycles. The number of amides is 1. The van der Waals surface area contributed by atoms with Gasteiger partial charge in [-0.1, -0.05) is 18.2 Å². The van der Waals surface area contributed by atoms with Gasteiger partial charge >= 0.3 is 0 Å². The van der Waals surface area contributed by atoms with Gasteiger partial charge < -0.3 is 14.4 Å². The van der Waals surface area contributed by atoms with Gasteiger partial charge in [0.15, 0.2) is 23.9 Å². The standard InChI is InChI=1S/C23H29NO4S/c1-6-27-21-14-18(9-11-19(25)22-8-7-13-29-22)10-12-20(21)28-15-23(26)24(16(2)3)17(4)5/h7-14,16-17H,6,15H2,1-5H3/b11-9+. The molecule has 0 fully saturated rings.